The van der Waals surface area contributed by atoms with E-state index in [-0.39, 0.29) is 22.1 Å². The number of anilines is 1. The quantitative estimate of drug-likeness (QED) is 0.505. The van der Waals surface area contributed by atoms with Gasteiger partial charge in [-0.1, -0.05) is 48.0 Å². The molecule has 0 radical (unpaired) electrons. The predicted molar refractivity (Wildman–Crippen MR) is 127 cm³/mol. The van der Waals surface area contributed by atoms with Crippen LogP contribution >= 0.6 is 11.6 Å². The maximum Gasteiger partial charge on any atom is 0.245 e. The molecule has 1 amide bonds. The lowest BCUT2D eigenvalue weighted by Crippen LogP contribution is -2.45. The number of carbonyl (C=O) groups is 1. The maximum atomic E-state index is 13.2. The molecule has 0 aromatic heterocycles. The van der Waals surface area contributed by atoms with Crippen molar-refractivity contribution in [1.29, 1.82) is 0 Å². The molecule has 8 heteroatoms. The van der Waals surface area contributed by atoms with Crippen LogP contribution in [0.1, 0.15) is 16.7 Å². The lowest BCUT2D eigenvalue weighted by atomic mass is 10.1. The Hall–Kier alpha value is -2.87. The molecule has 3 aromatic rings. The molecule has 0 aliphatic rings. The van der Waals surface area contributed by atoms with Gasteiger partial charge in [-0.3, -0.25) is 4.79 Å². The summed E-state index contributed by atoms with van der Waals surface area (Å²) in [5, 5.41) is 3.08. The van der Waals surface area contributed by atoms with E-state index >= 15 is 0 Å². The van der Waals surface area contributed by atoms with Gasteiger partial charge in [0.05, 0.1) is 7.11 Å². The molecule has 0 saturated heterocycles. The van der Waals surface area contributed by atoms with Crippen molar-refractivity contribution < 1.29 is 17.9 Å². The number of hydrogen-bond acceptors (Lipinski definition) is 4. The van der Waals surface area contributed by atoms with E-state index in [9.17, 15) is 13.2 Å². The van der Waals surface area contributed by atoms with Crippen molar-refractivity contribution in [2.24, 2.45) is 0 Å². The molecule has 168 valence electrons. The van der Waals surface area contributed by atoms with Crippen molar-refractivity contribution in [3.8, 4) is 5.75 Å². The smallest absolute Gasteiger partial charge is 0.245 e. The van der Waals surface area contributed by atoms with E-state index < -0.39 is 22.0 Å². The third kappa shape index (κ3) is 6.09. The Bertz CT molecular complexity index is 1190. The van der Waals surface area contributed by atoms with E-state index in [2.05, 4.69) is 10.0 Å². The topological polar surface area (TPSA) is 84.5 Å². The molecule has 1 unspecified atom stereocenters. The van der Waals surface area contributed by atoms with Crippen molar-refractivity contribution in [2.45, 2.75) is 31.2 Å². The van der Waals surface area contributed by atoms with Crippen molar-refractivity contribution >= 4 is 33.2 Å². The van der Waals surface area contributed by atoms with Gasteiger partial charge >= 0.3 is 0 Å². The lowest BCUT2D eigenvalue weighted by Gasteiger charge is -2.20. The highest BCUT2D eigenvalue weighted by Gasteiger charge is 2.28. The standard InChI is InChI=1S/C24H25ClN2O4S/c1-16-11-17(2)13-20(12-16)26-24(28)21(14-18-7-5-4-6-8-18)27-32(29,30)23-15-19(25)9-10-22(23)31-3/h4-13,15,21,27H,14H2,1-3H3,(H,26,28). The normalized spacial score (nSPS) is 12.2. The zero-order chi connectivity index (χ0) is 23.3. The van der Waals surface area contributed by atoms with Crippen LogP contribution in [0.2, 0.25) is 5.02 Å². The highest BCUT2D eigenvalue weighted by atomic mass is 35.5. The third-order valence-electron chi connectivity index (χ3n) is 4.80. The second-order valence-corrected chi connectivity index (χ2v) is 9.64. The minimum atomic E-state index is -4.12. The SMILES string of the molecule is COc1ccc(Cl)cc1S(=O)(=O)NC(Cc1ccccc1)C(=O)Nc1cc(C)cc(C)c1. The minimum Gasteiger partial charge on any atom is -0.495 e. The van der Waals surface area contributed by atoms with E-state index in [1.54, 1.807) is 0 Å². The van der Waals surface area contributed by atoms with Crippen LogP contribution in [0.3, 0.4) is 0 Å². The Morgan fingerprint density at radius 3 is 2.28 bits per heavy atom. The Kier molecular flexibility index (Phi) is 7.56. The van der Waals surface area contributed by atoms with Gasteiger partial charge in [-0.15, -0.1) is 0 Å². The molecular weight excluding hydrogens is 448 g/mol. The monoisotopic (exact) mass is 472 g/mol. The molecular formula is C24H25ClN2O4S. The van der Waals surface area contributed by atoms with Gasteiger partial charge in [0.2, 0.25) is 15.9 Å². The number of hydrogen-bond donors (Lipinski definition) is 2. The second-order valence-electron chi connectivity index (χ2n) is 7.52. The summed E-state index contributed by atoms with van der Waals surface area (Å²) in [6, 6.07) is 18.1. The van der Waals surface area contributed by atoms with Gasteiger partial charge in [-0.25, -0.2) is 8.42 Å². The van der Waals surface area contributed by atoms with Crippen LogP contribution in [-0.4, -0.2) is 27.5 Å². The molecule has 3 aromatic carbocycles. The van der Waals surface area contributed by atoms with Crippen LogP contribution in [0, 0.1) is 13.8 Å². The second kappa shape index (κ2) is 10.2. The Balaban J connectivity index is 1.93. The van der Waals surface area contributed by atoms with Crippen molar-refractivity contribution in [3.05, 3.63) is 88.4 Å². The van der Waals surface area contributed by atoms with E-state index in [4.69, 9.17) is 16.3 Å². The fraction of sp³-hybridized carbons (Fsp3) is 0.208. The van der Waals surface area contributed by atoms with Crippen LogP contribution in [0.4, 0.5) is 5.69 Å². The third-order valence-corrected chi connectivity index (χ3v) is 6.53. The van der Waals surface area contributed by atoms with Crippen molar-refractivity contribution in [1.82, 2.24) is 4.72 Å². The fourth-order valence-electron chi connectivity index (χ4n) is 3.43. The molecule has 0 bridgehead atoms. The van der Waals surface area contributed by atoms with Gasteiger partial charge in [0.15, 0.2) is 0 Å². The average Bonchev–Trinajstić information content (AvgIpc) is 2.73. The highest BCUT2D eigenvalue weighted by molar-refractivity contribution is 7.89. The van der Waals surface area contributed by atoms with E-state index in [1.165, 1.54) is 25.3 Å². The molecule has 6 nitrogen and oxygen atoms in total. The molecule has 0 spiro atoms. The number of ether oxygens (including phenoxy) is 1. The molecule has 2 N–H and O–H groups in total. The molecule has 0 fully saturated rings. The van der Waals surface area contributed by atoms with Gasteiger partial charge in [0, 0.05) is 10.7 Å². The summed E-state index contributed by atoms with van der Waals surface area (Å²) in [7, 11) is -2.75. The summed E-state index contributed by atoms with van der Waals surface area (Å²) in [5.74, 6) is -0.335. The van der Waals surface area contributed by atoms with E-state index in [0.29, 0.717) is 5.69 Å². The number of carbonyl (C=O) groups excluding carboxylic acids is 1. The Labute approximate surface area is 193 Å². The summed E-state index contributed by atoms with van der Waals surface area (Å²) in [4.78, 5) is 13.0. The van der Waals surface area contributed by atoms with Gasteiger partial charge in [0.1, 0.15) is 16.7 Å². The Morgan fingerprint density at radius 1 is 1.00 bits per heavy atom. The van der Waals surface area contributed by atoms with Crippen LogP contribution in [0.25, 0.3) is 0 Å². The summed E-state index contributed by atoms with van der Waals surface area (Å²) in [5.41, 5.74) is 3.40. The molecule has 3 rings (SSSR count). The summed E-state index contributed by atoms with van der Waals surface area (Å²) in [6.07, 6.45) is 0.166. The first kappa shape index (κ1) is 23.8. The molecule has 1 atom stereocenters. The van der Waals surface area contributed by atoms with Crippen molar-refractivity contribution in [2.75, 3.05) is 12.4 Å². The van der Waals surface area contributed by atoms with Crippen LogP contribution in [0.5, 0.6) is 5.75 Å². The Morgan fingerprint density at radius 2 is 1.66 bits per heavy atom. The summed E-state index contributed by atoms with van der Waals surface area (Å²) >= 11 is 6.02. The zero-order valence-corrected chi connectivity index (χ0v) is 19.6. The predicted octanol–water partition coefficient (Wildman–Crippen LogP) is 4.49. The first-order valence-electron chi connectivity index (χ1n) is 9.97. The van der Waals surface area contributed by atoms with Gasteiger partial charge in [-0.05, 0) is 67.3 Å². The number of halogens is 1. The number of sulfonamides is 1. The first-order valence-corrected chi connectivity index (χ1v) is 11.8. The largest absolute Gasteiger partial charge is 0.495 e. The van der Waals surface area contributed by atoms with Gasteiger partial charge in [-0.2, -0.15) is 4.72 Å². The lowest BCUT2D eigenvalue weighted by molar-refractivity contribution is -0.117. The van der Waals surface area contributed by atoms with Crippen molar-refractivity contribution in [3.63, 3.8) is 0 Å². The maximum absolute atomic E-state index is 13.2. The fourth-order valence-corrected chi connectivity index (χ4v) is 5.05. The number of nitrogens with one attached hydrogen (secondary N) is 2. The average molecular weight is 473 g/mol. The summed E-state index contributed by atoms with van der Waals surface area (Å²) in [6.45, 7) is 3.86. The van der Waals surface area contributed by atoms with Gasteiger partial charge in [0.25, 0.3) is 0 Å². The number of rotatable bonds is 8. The van der Waals surface area contributed by atoms with E-state index in [0.717, 1.165) is 16.7 Å². The number of methoxy groups -OCH3 is 1. The number of amides is 1. The van der Waals surface area contributed by atoms with Crippen LogP contribution in [-0.2, 0) is 21.2 Å². The van der Waals surface area contributed by atoms with Crippen LogP contribution in [0.15, 0.2) is 71.6 Å². The molecule has 0 saturated carbocycles. The first-order chi connectivity index (χ1) is 15.2. The summed E-state index contributed by atoms with van der Waals surface area (Å²) < 4.78 is 34.1. The molecule has 32 heavy (non-hydrogen) atoms. The van der Waals surface area contributed by atoms with Crippen LogP contribution < -0.4 is 14.8 Å². The number of benzene rings is 3. The van der Waals surface area contributed by atoms with Gasteiger partial charge < -0.3 is 10.1 Å². The molecule has 0 aliphatic carbocycles. The highest BCUT2D eigenvalue weighted by Crippen LogP contribution is 2.27. The molecule has 0 heterocycles. The zero-order valence-electron chi connectivity index (χ0n) is 18.1. The van der Waals surface area contributed by atoms with E-state index in [1.807, 2.05) is 62.4 Å². The molecule has 0 aliphatic heterocycles. The minimum absolute atomic E-state index is 0.134. The number of aryl methyl sites for hydroxylation is 2.